The second-order valence-corrected chi connectivity index (χ2v) is 4.30. The van der Waals surface area contributed by atoms with Crippen molar-refractivity contribution in [1.29, 1.82) is 0 Å². The number of amides is 1. The Hall–Kier alpha value is -1.91. The average Bonchev–Trinajstić information content (AvgIpc) is 2.14. The van der Waals surface area contributed by atoms with E-state index in [-0.39, 0.29) is 5.75 Å². The fraction of sp³-hybridized carbons (Fsp3) is 0.364. The molecule has 0 radical (unpaired) electrons. The standard InChI is InChI=1S/C11H16N2O3/c1-11(2,3)16-10(15)13-12-8-4-6-9(14)7-5-8/h4-7,12,14H,1-3H3,(H,13,15). The summed E-state index contributed by atoms with van der Waals surface area (Å²) in [7, 11) is 0. The molecule has 0 aromatic heterocycles. The number of carbonyl (C=O) groups excluding carboxylic acids is 1. The SMILES string of the molecule is CC(C)(C)OC(=O)NNc1ccc(O)cc1. The number of nitrogens with one attached hydrogen (secondary N) is 2. The number of benzene rings is 1. The predicted molar refractivity (Wildman–Crippen MR) is 61.1 cm³/mol. The lowest BCUT2D eigenvalue weighted by atomic mass is 10.2. The van der Waals surface area contributed by atoms with Crippen LogP contribution >= 0.6 is 0 Å². The lowest BCUT2D eigenvalue weighted by Gasteiger charge is -2.20. The van der Waals surface area contributed by atoms with Gasteiger partial charge in [-0.05, 0) is 45.0 Å². The maximum Gasteiger partial charge on any atom is 0.426 e. The summed E-state index contributed by atoms with van der Waals surface area (Å²) in [6.07, 6.45) is -0.555. The summed E-state index contributed by atoms with van der Waals surface area (Å²) in [4.78, 5) is 11.3. The highest BCUT2D eigenvalue weighted by atomic mass is 16.6. The molecule has 0 saturated carbocycles. The lowest BCUT2D eigenvalue weighted by molar-refractivity contribution is 0.0541. The molecule has 16 heavy (non-hydrogen) atoms. The summed E-state index contributed by atoms with van der Waals surface area (Å²) in [5.41, 5.74) is 5.17. The van der Waals surface area contributed by atoms with Gasteiger partial charge >= 0.3 is 6.09 Å². The van der Waals surface area contributed by atoms with Gasteiger partial charge in [-0.1, -0.05) is 0 Å². The van der Waals surface area contributed by atoms with Gasteiger partial charge in [-0.3, -0.25) is 5.43 Å². The van der Waals surface area contributed by atoms with Gasteiger partial charge in [0.1, 0.15) is 11.4 Å². The van der Waals surface area contributed by atoms with Gasteiger partial charge in [0.15, 0.2) is 0 Å². The number of rotatable bonds is 2. The van der Waals surface area contributed by atoms with E-state index in [1.165, 1.54) is 12.1 Å². The van der Waals surface area contributed by atoms with E-state index in [0.717, 1.165) is 0 Å². The quantitative estimate of drug-likeness (QED) is 0.532. The van der Waals surface area contributed by atoms with E-state index in [1.807, 2.05) is 0 Å². The molecule has 0 atom stereocenters. The number of hydrogen-bond acceptors (Lipinski definition) is 4. The minimum Gasteiger partial charge on any atom is -0.508 e. The summed E-state index contributed by atoms with van der Waals surface area (Å²) in [5.74, 6) is 0.169. The van der Waals surface area contributed by atoms with Crippen LogP contribution in [0.2, 0.25) is 0 Å². The third-order valence-corrected chi connectivity index (χ3v) is 1.58. The Balaban J connectivity index is 2.40. The summed E-state index contributed by atoms with van der Waals surface area (Å²) in [6, 6.07) is 6.29. The Morgan fingerprint density at radius 2 is 1.81 bits per heavy atom. The van der Waals surface area contributed by atoms with E-state index in [2.05, 4.69) is 10.9 Å². The number of anilines is 1. The first-order valence-electron chi connectivity index (χ1n) is 4.91. The maximum absolute atomic E-state index is 11.3. The molecule has 1 aromatic rings. The smallest absolute Gasteiger partial charge is 0.426 e. The third kappa shape index (κ3) is 4.54. The van der Waals surface area contributed by atoms with Crippen LogP contribution in [0.5, 0.6) is 5.75 Å². The first-order chi connectivity index (χ1) is 7.37. The van der Waals surface area contributed by atoms with Crippen LogP contribution in [0, 0.1) is 0 Å². The minimum absolute atomic E-state index is 0.169. The van der Waals surface area contributed by atoms with E-state index in [1.54, 1.807) is 32.9 Å². The zero-order valence-corrected chi connectivity index (χ0v) is 9.57. The predicted octanol–water partition coefficient (Wildman–Crippen LogP) is 2.24. The molecular formula is C11H16N2O3. The Bertz CT molecular complexity index is 354. The minimum atomic E-state index is -0.555. The van der Waals surface area contributed by atoms with E-state index in [0.29, 0.717) is 5.69 Å². The van der Waals surface area contributed by atoms with Gasteiger partial charge in [0.05, 0.1) is 5.69 Å². The monoisotopic (exact) mass is 224 g/mol. The van der Waals surface area contributed by atoms with Crippen molar-refractivity contribution in [2.45, 2.75) is 26.4 Å². The summed E-state index contributed by atoms with van der Waals surface area (Å²) in [5, 5.41) is 9.05. The Labute approximate surface area is 94.4 Å². The van der Waals surface area contributed by atoms with Crippen molar-refractivity contribution in [2.24, 2.45) is 0 Å². The summed E-state index contributed by atoms with van der Waals surface area (Å²) >= 11 is 0. The van der Waals surface area contributed by atoms with Crippen LogP contribution in [0.3, 0.4) is 0 Å². The second-order valence-electron chi connectivity index (χ2n) is 4.30. The van der Waals surface area contributed by atoms with Gasteiger partial charge in [-0.25, -0.2) is 10.2 Å². The highest BCUT2D eigenvalue weighted by molar-refractivity contribution is 5.69. The molecule has 5 nitrogen and oxygen atoms in total. The Morgan fingerprint density at radius 3 is 2.31 bits per heavy atom. The molecule has 1 aromatic carbocycles. The van der Waals surface area contributed by atoms with E-state index in [9.17, 15) is 4.79 Å². The fourth-order valence-corrected chi connectivity index (χ4v) is 0.972. The number of phenols is 1. The van der Waals surface area contributed by atoms with Crippen LogP contribution in [0.4, 0.5) is 10.5 Å². The van der Waals surface area contributed by atoms with Crippen LogP contribution < -0.4 is 10.9 Å². The first kappa shape index (κ1) is 12.2. The van der Waals surface area contributed by atoms with Crippen LogP contribution in [-0.2, 0) is 4.74 Å². The largest absolute Gasteiger partial charge is 0.508 e. The van der Waals surface area contributed by atoms with Crippen LogP contribution in [0.15, 0.2) is 24.3 Å². The second kappa shape index (κ2) is 4.74. The topological polar surface area (TPSA) is 70.6 Å². The van der Waals surface area contributed by atoms with Crippen molar-refractivity contribution in [1.82, 2.24) is 5.43 Å². The van der Waals surface area contributed by atoms with E-state index >= 15 is 0 Å². The van der Waals surface area contributed by atoms with Gasteiger partial charge in [0.25, 0.3) is 0 Å². The molecule has 0 aliphatic rings. The third-order valence-electron chi connectivity index (χ3n) is 1.58. The van der Waals surface area contributed by atoms with Gasteiger partial charge < -0.3 is 9.84 Å². The number of hydrogen-bond donors (Lipinski definition) is 3. The van der Waals surface area contributed by atoms with E-state index < -0.39 is 11.7 Å². The van der Waals surface area contributed by atoms with Crippen molar-refractivity contribution in [3.63, 3.8) is 0 Å². The van der Waals surface area contributed by atoms with Crippen molar-refractivity contribution in [3.05, 3.63) is 24.3 Å². The number of aromatic hydroxyl groups is 1. The zero-order valence-electron chi connectivity index (χ0n) is 9.57. The number of ether oxygens (including phenoxy) is 1. The van der Waals surface area contributed by atoms with Gasteiger partial charge in [0, 0.05) is 0 Å². The molecule has 88 valence electrons. The molecule has 1 rings (SSSR count). The van der Waals surface area contributed by atoms with Crippen molar-refractivity contribution in [3.8, 4) is 5.75 Å². The molecule has 0 aliphatic carbocycles. The molecule has 3 N–H and O–H groups in total. The average molecular weight is 224 g/mol. The molecule has 0 heterocycles. The normalized spacial score (nSPS) is 10.7. The Morgan fingerprint density at radius 1 is 1.25 bits per heavy atom. The summed E-state index contributed by atoms with van der Waals surface area (Å²) in [6.45, 7) is 5.35. The van der Waals surface area contributed by atoms with Crippen LogP contribution in [-0.4, -0.2) is 16.8 Å². The molecule has 5 heteroatoms. The van der Waals surface area contributed by atoms with Crippen molar-refractivity contribution < 1.29 is 14.6 Å². The highest BCUT2D eigenvalue weighted by Crippen LogP contribution is 2.13. The summed E-state index contributed by atoms with van der Waals surface area (Å²) < 4.78 is 5.02. The molecule has 0 fully saturated rings. The number of phenolic OH excluding ortho intramolecular Hbond substituents is 1. The van der Waals surface area contributed by atoms with Crippen molar-refractivity contribution >= 4 is 11.8 Å². The Kier molecular flexibility index (Phi) is 3.60. The number of carbonyl (C=O) groups is 1. The van der Waals surface area contributed by atoms with Crippen molar-refractivity contribution in [2.75, 3.05) is 5.43 Å². The fourth-order valence-electron chi connectivity index (χ4n) is 0.972. The van der Waals surface area contributed by atoms with E-state index in [4.69, 9.17) is 9.84 Å². The van der Waals surface area contributed by atoms with Gasteiger partial charge in [-0.2, -0.15) is 0 Å². The first-order valence-corrected chi connectivity index (χ1v) is 4.91. The molecule has 0 spiro atoms. The molecule has 0 bridgehead atoms. The lowest BCUT2D eigenvalue weighted by Crippen LogP contribution is -2.35. The van der Waals surface area contributed by atoms with Gasteiger partial charge in [0.2, 0.25) is 0 Å². The van der Waals surface area contributed by atoms with Crippen LogP contribution in [0.25, 0.3) is 0 Å². The maximum atomic E-state index is 11.3. The van der Waals surface area contributed by atoms with Crippen LogP contribution in [0.1, 0.15) is 20.8 Å². The highest BCUT2D eigenvalue weighted by Gasteiger charge is 2.15. The zero-order chi connectivity index (χ0) is 12.2. The molecule has 0 saturated heterocycles. The molecule has 0 aliphatic heterocycles. The molecule has 0 unspecified atom stereocenters. The van der Waals surface area contributed by atoms with Gasteiger partial charge in [-0.15, -0.1) is 0 Å². The molecule has 1 amide bonds. The number of hydrazine groups is 1. The molecular weight excluding hydrogens is 208 g/mol.